The van der Waals surface area contributed by atoms with E-state index in [0.29, 0.717) is 5.69 Å². The Hall–Kier alpha value is -1.18. The van der Waals surface area contributed by atoms with Gasteiger partial charge in [0.2, 0.25) is 0 Å². The topological polar surface area (TPSA) is 12.9 Å². The van der Waals surface area contributed by atoms with E-state index < -0.39 is 0 Å². The second-order valence-electron chi connectivity index (χ2n) is 3.53. The van der Waals surface area contributed by atoms with Crippen LogP contribution in [0.4, 0.5) is 4.39 Å². The van der Waals surface area contributed by atoms with Gasteiger partial charge in [-0.2, -0.15) is 0 Å². The summed E-state index contributed by atoms with van der Waals surface area (Å²) < 4.78 is 13.4. The van der Waals surface area contributed by atoms with Crippen molar-refractivity contribution >= 4 is 5.57 Å². The first-order valence-electron chi connectivity index (χ1n) is 4.33. The number of aromatic nitrogens is 1. The molecule has 2 heteroatoms. The Kier molecular flexibility index (Phi) is 2.81. The highest BCUT2D eigenvalue weighted by molar-refractivity contribution is 5.60. The zero-order chi connectivity index (χ0) is 10.0. The average Bonchev–Trinajstić information content (AvgIpc) is 2.03. The molecule has 0 aromatic carbocycles. The minimum absolute atomic E-state index is 0.124. The summed E-state index contributed by atoms with van der Waals surface area (Å²) in [5.74, 6) is -0.116. The van der Waals surface area contributed by atoms with Crippen molar-refractivity contribution < 1.29 is 4.39 Å². The van der Waals surface area contributed by atoms with Crippen molar-refractivity contribution in [1.29, 1.82) is 0 Å². The zero-order valence-corrected chi connectivity index (χ0v) is 8.26. The Morgan fingerprint density at radius 2 is 2.15 bits per heavy atom. The molecule has 70 valence electrons. The molecule has 0 unspecified atom stereocenters. The molecule has 0 atom stereocenters. The molecule has 0 saturated heterocycles. The molecular weight excluding hydrogens is 165 g/mol. The molecule has 1 aromatic heterocycles. The van der Waals surface area contributed by atoms with Crippen LogP contribution in [0, 0.1) is 5.82 Å². The highest BCUT2D eigenvalue weighted by Gasteiger charge is 2.08. The maximum Gasteiger partial charge on any atom is 0.145 e. The first-order valence-corrected chi connectivity index (χ1v) is 4.33. The van der Waals surface area contributed by atoms with Gasteiger partial charge in [0.15, 0.2) is 0 Å². The summed E-state index contributed by atoms with van der Waals surface area (Å²) in [6, 6.07) is 1.49. The maximum atomic E-state index is 13.4. The summed E-state index contributed by atoms with van der Waals surface area (Å²) in [5, 5.41) is 0. The van der Waals surface area contributed by atoms with Crippen LogP contribution in [0.1, 0.15) is 37.9 Å². The molecular formula is C11H14FN. The summed E-state index contributed by atoms with van der Waals surface area (Å²) in [7, 11) is 0. The lowest BCUT2D eigenvalue weighted by molar-refractivity contribution is 0.584. The minimum atomic E-state index is -0.240. The van der Waals surface area contributed by atoms with Crippen molar-refractivity contribution in [2.75, 3.05) is 0 Å². The summed E-state index contributed by atoms with van der Waals surface area (Å²) in [5.41, 5.74) is 2.12. The summed E-state index contributed by atoms with van der Waals surface area (Å²) >= 11 is 0. The normalized spacial score (nSPS) is 10.5. The fourth-order valence-electron chi connectivity index (χ4n) is 1.11. The van der Waals surface area contributed by atoms with Gasteiger partial charge in [0.05, 0.1) is 5.69 Å². The van der Waals surface area contributed by atoms with Gasteiger partial charge < -0.3 is 0 Å². The summed E-state index contributed by atoms with van der Waals surface area (Å²) in [6.45, 7) is 9.42. The van der Waals surface area contributed by atoms with Gasteiger partial charge in [0.1, 0.15) is 5.82 Å². The van der Waals surface area contributed by atoms with E-state index in [1.165, 1.54) is 6.07 Å². The molecule has 0 aliphatic rings. The van der Waals surface area contributed by atoms with E-state index in [1.54, 1.807) is 6.20 Å². The van der Waals surface area contributed by atoms with Gasteiger partial charge in [0.25, 0.3) is 0 Å². The number of hydrogen-bond acceptors (Lipinski definition) is 1. The van der Waals surface area contributed by atoms with Crippen LogP contribution in [0.3, 0.4) is 0 Å². The van der Waals surface area contributed by atoms with Crippen molar-refractivity contribution in [2.45, 2.75) is 26.7 Å². The quantitative estimate of drug-likeness (QED) is 0.678. The van der Waals surface area contributed by atoms with Gasteiger partial charge in [-0.25, -0.2) is 4.39 Å². The summed E-state index contributed by atoms with van der Waals surface area (Å²) in [4.78, 5) is 4.06. The molecule has 0 amide bonds. The standard InChI is InChI=1S/C11H14FN/c1-7(2)9-5-10(12)11(8(3)4)13-6-9/h5-6,8H,1H2,2-4H3. The maximum absolute atomic E-state index is 13.4. The summed E-state index contributed by atoms with van der Waals surface area (Å²) in [6.07, 6.45) is 1.67. The fraction of sp³-hybridized carbons (Fsp3) is 0.364. The molecule has 1 nitrogen and oxygen atoms in total. The number of nitrogens with zero attached hydrogens (tertiary/aromatic N) is 1. The van der Waals surface area contributed by atoms with E-state index in [0.717, 1.165) is 11.1 Å². The van der Waals surface area contributed by atoms with Crippen molar-refractivity contribution in [1.82, 2.24) is 4.98 Å². The van der Waals surface area contributed by atoms with Crippen LogP contribution in [0.2, 0.25) is 0 Å². The third-order valence-electron chi connectivity index (χ3n) is 1.91. The van der Waals surface area contributed by atoms with Crippen molar-refractivity contribution in [3.8, 4) is 0 Å². The van der Waals surface area contributed by atoms with Crippen LogP contribution in [0.15, 0.2) is 18.8 Å². The largest absolute Gasteiger partial charge is 0.257 e. The van der Waals surface area contributed by atoms with E-state index in [9.17, 15) is 4.39 Å². The minimum Gasteiger partial charge on any atom is -0.257 e. The first kappa shape index (κ1) is 9.90. The third kappa shape index (κ3) is 2.14. The Morgan fingerprint density at radius 3 is 2.54 bits per heavy atom. The Morgan fingerprint density at radius 1 is 1.54 bits per heavy atom. The highest BCUT2D eigenvalue weighted by atomic mass is 19.1. The third-order valence-corrected chi connectivity index (χ3v) is 1.91. The van der Waals surface area contributed by atoms with E-state index in [4.69, 9.17) is 0 Å². The van der Waals surface area contributed by atoms with Gasteiger partial charge in [-0.15, -0.1) is 0 Å². The molecule has 1 rings (SSSR count). The van der Waals surface area contributed by atoms with Crippen LogP contribution in [-0.4, -0.2) is 4.98 Å². The molecule has 1 heterocycles. The lowest BCUT2D eigenvalue weighted by Crippen LogP contribution is -1.98. The van der Waals surface area contributed by atoms with Gasteiger partial charge in [-0.05, 0) is 30.0 Å². The average molecular weight is 179 g/mol. The molecule has 0 saturated carbocycles. The lowest BCUT2D eigenvalue weighted by Gasteiger charge is -2.07. The smallest absolute Gasteiger partial charge is 0.145 e. The van der Waals surface area contributed by atoms with Crippen LogP contribution in [0.25, 0.3) is 5.57 Å². The molecule has 13 heavy (non-hydrogen) atoms. The zero-order valence-electron chi connectivity index (χ0n) is 8.26. The molecule has 0 N–H and O–H groups in total. The first-order chi connectivity index (χ1) is 6.02. The molecule has 0 spiro atoms. The monoisotopic (exact) mass is 179 g/mol. The Bertz CT molecular complexity index is 329. The molecule has 0 radical (unpaired) electrons. The number of allylic oxidation sites excluding steroid dienone is 1. The van der Waals surface area contributed by atoms with Crippen molar-refractivity contribution in [3.05, 3.63) is 35.9 Å². The van der Waals surface area contributed by atoms with E-state index >= 15 is 0 Å². The van der Waals surface area contributed by atoms with Crippen molar-refractivity contribution in [2.24, 2.45) is 0 Å². The second-order valence-corrected chi connectivity index (χ2v) is 3.53. The van der Waals surface area contributed by atoms with Gasteiger partial charge in [-0.1, -0.05) is 20.4 Å². The van der Waals surface area contributed by atoms with E-state index in [-0.39, 0.29) is 11.7 Å². The Balaban J connectivity index is 3.13. The predicted molar refractivity (Wildman–Crippen MR) is 53.0 cm³/mol. The van der Waals surface area contributed by atoms with Gasteiger partial charge in [-0.3, -0.25) is 4.98 Å². The fourth-order valence-corrected chi connectivity index (χ4v) is 1.11. The number of hydrogen-bond donors (Lipinski definition) is 0. The van der Waals surface area contributed by atoms with Crippen LogP contribution in [0.5, 0.6) is 0 Å². The van der Waals surface area contributed by atoms with Gasteiger partial charge in [0, 0.05) is 6.20 Å². The van der Waals surface area contributed by atoms with E-state index in [1.807, 2.05) is 20.8 Å². The Labute approximate surface area is 78.3 Å². The van der Waals surface area contributed by atoms with Crippen molar-refractivity contribution in [3.63, 3.8) is 0 Å². The SMILES string of the molecule is C=C(C)c1cnc(C(C)C)c(F)c1. The van der Waals surface area contributed by atoms with Crippen LogP contribution in [-0.2, 0) is 0 Å². The predicted octanol–water partition coefficient (Wildman–Crippen LogP) is 3.38. The van der Waals surface area contributed by atoms with Crippen LogP contribution >= 0.6 is 0 Å². The molecule has 0 aliphatic carbocycles. The second kappa shape index (κ2) is 3.69. The molecule has 0 aliphatic heterocycles. The highest BCUT2D eigenvalue weighted by Crippen LogP contribution is 2.19. The molecule has 0 bridgehead atoms. The number of halogens is 1. The van der Waals surface area contributed by atoms with Gasteiger partial charge >= 0.3 is 0 Å². The lowest BCUT2D eigenvalue weighted by atomic mass is 10.1. The van der Waals surface area contributed by atoms with Crippen LogP contribution < -0.4 is 0 Å². The molecule has 1 aromatic rings. The number of rotatable bonds is 2. The molecule has 0 fully saturated rings. The van der Waals surface area contributed by atoms with E-state index in [2.05, 4.69) is 11.6 Å². The number of pyridine rings is 1.